The molecule has 1 saturated heterocycles. The number of nitrogens with zero attached hydrogens (tertiary/aromatic N) is 1. The van der Waals surface area contributed by atoms with Gasteiger partial charge in [-0.25, -0.2) is 4.79 Å². The quantitative estimate of drug-likeness (QED) is 0.252. The Bertz CT molecular complexity index is 1490. The lowest BCUT2D eigenvalue weighted by atomic mass is 9.94. The van der Waals surface area contributed by atoms with Gasteiger partial charge in [-0.05, 0) is 78.1 Å². The van der Waals surface area contributed by atoms with E-state index >= 15 is 0 Å². The van der Waals surface area contributed by atoms with Gasteiger partial charge >= 0.3 is 24.4 Å². The zero-order valence-corrected chi connectivity index (χ0v) is 23.2. The van der Waals surface area contributed by atoms with Gasteiger partial charge in [0.15, 0.2) is 0 Å². The zero-order chi connectivity index (χ0) is 31.7. The van der Waals surface area contributed by atoms with Crippen molar-refractivity contribution in [1.82, 2.24) is 4.90 Å². The molecule has 1 amide bonds. The Morgan fingerprint density at radius 2 is 1.56 bits per heavy atom. The van der Waals surface area contributed by atoms with Crippen molar-refractivity contribution in [2.45, 2.75) is 50.8 Å². The van der Waals surface area contributed by atoms with Crippen LogP contribution in [0.5, 0.6) is 11.5 Å². The highest BCUT2D eigenvalue weighted by Crippen LogP contribution is 2.42. The Balaban J connectivity index is 1.73. The van der Waals surface area contributed by atoms with Crippen molar-refractivity contribution in [3.05, 3.63) is 82.4 Å². The van der Waals surface area contributed by atoms with E-state index in [2.05, 4.69) is 0 Å². The number of alkyl halides is 6. The Kier molecular flexibility index (Phi) is 8.84. The number of rotatable bonds is 9. The summed E-state index contributed by atoms with van der Waals surface area (Å²) >= 11 is 0. The standard InChI is InChI=1S/C30H27F6NO6/c1-16-27(18-11-20(29(31,32)33)14-21(12-18)30(34,35)36)43-28(40)37(16)15-19-13-22(41-2)6-7-23(19)24-10-17(5-9-26(38)39)4-8-25(24)42-3/h4,6-8,10-14,16,27H,5,9,15H2,1-3H3,(H,38,39)/t16-,27-/m0/s1. The highest BCUT2D eigenvalue weighted by atomic mass is 19.4. The third-order valence-electron chi connectivity index (χ3n) is 7.17. The number of cyclic esters (lactones) is 1. The van der Waals surface area contributed by atoms with Crippen LogP contribution in [-0.4, -0.2) is 42.3 Å². The van der Waals surface area contributed by atoms with Gasteiger partial charge in [-0.2, -0.15) is 26.3 Å². The fourth-order valence-electron chi connectivity index (χ4n) is 4.95. The van der Waals surface area contributed by atoms with E-state index < -0.39 is 53.3 Å². The molecule has 0 bridgehead atoms. The number of hydrogen-bond donors (Lipinski definition) is 1. The average molecular weight is 612 g/mol. The maximum absolute atomic E-state index is 13.5. The van der Waals surface area contributed by atoms with Crippen LogP contribution in [0.2, 0.25) is 0 Å². The van der Waals surface area contributed by atoms with E-state index in [0.717, 1.165) is 0 Å². The van der Waals surface area contributed by atoms with E-state index in [1.807, 2.05) is 0 Å². The van der Waals surface area contributed by atoms with Crippen LogP contribution in [0.1, 0.15) is 47.3 Å². The van der Waals surface area contributed by atoms with Gasteiger partial charge in [0.25, 0.3) is 0 Å². The van der Waals surface area contributed by atoms with E-state index in [9.17, 15) is 35.9 Å². The summed E-state index contributed by atoms with van der Waals surface area (Å²) in [5, 5.41) is 9.09. The van der Waals surface area contributed by atoms with Gasteiger partial charge in [0, 0.05) is 12.0 Å². The molecule has 0 aromatic heterocycles. The van der Waals surface area contributed by atoms with Crippen LogP contribution in [0.25, 0.3) is 11.1 Å². The summed E-state index contributed by atoms with van der Waals surface area (Å²) in [6.07, 6.45) is -12.3. The fraction of sp³-hybridized carbons (Fsp3) is 0.333. The van der Waals surface area contributed by atoms with E-state index in [0.29, 0.717) is 45.9 Å². The molecule has 1 aliphatic rings. The molecule has 1 heterocycles. The summed E-state index contributed by atoms with van der Waals surface area (Å²) in [5.41, 5.74) is -1.09. The molecule has 43 heavy (non-hydrogen) atoms. The molecular formula is C30H27F6NO6. The summed E-state index contributed by atoms with van der Waals surface area (Å²) in [6.45, 7) is 1.33. The summed E-state index contributed by atoms with van der Waals surface area (Å²) in [5.74, 6) is -0.102. The van der Waals surface area contributed by atoms with Crippen LogP contribution < -0.4 is 9.47 Å². The van der Waals surface area contributed by atoms with E-state index in [4.69, 9.17) is 19.3 Å². The average Bonchev–Trinajstić information content (AvgIpc) is 3.23. The molecule has 1 N–H and O–H groups in total. The van der Waals surface area contributed by atoms with Gasteiger partial charge in [-0.15, -0.1) is 0 Å². The number of halogens is 6. The number of methoxy groups -OCH3 is 2. The first-order valence-electron chi connectivity index (χ1n) is 12.9. The summed E-state index contributed by atoms with van der Waals surface area (Å²) in [7, 11) is 2.88. The summed E-state index contributed by atoms with van der Waals surface area (Å²) in [4.78, 5) is 25.3. The van der Waals surface area contributed by atoms with Crippen molar-refractivity contribution in [1.29, 1.82) is 0 Å². The number of aliphatic carboxylic acids is 1. The molecule has 13 heteroatoms. The lowest BCUT2D eigenvalue weighted by molar-refractivity contribution is -0.143. The van der Waals surface area contributed by atoms with Crippen molar-refractivity contribution < 1.29 is 55.2 Å². The third-order valence-corrected chi connectivity index (χ3v) is 7.17. The monoisotopic (exact) mass is 611 g/mol. The van der Waals surface area contributed by atoms with Crippen LogP contribution in [-0.2, 0) is 34.8 Å². The normalized spacial score (nSPS) is 17.1. The second kappa shape index (κ2) is 12.1. The molecule has 0 spiro atoms. The molecule has 1 aliphatic heterocycles. The predicted octanol–water partition coefficient (Wildman–Crippen LogP) is 7.51. The number of aryl methyl sites for hydroxylation is 1. The maximum Gasteiger partial charge on any atom is 0.416 e. The molecule has 3 aromatic rings. The summed E-state index contributed by atoms with van der Waals surface area (Å²) < 4.78 is 97.1. The van der Waals surface area contributed by atoms with Gasteiger partial charge < -0.3 is 19.3 Å². The Morgan fingerprint density at radius 1 is 0.907 bits per heavy atom. The Hall–Kier alpha value is -4.42. The number of hydrogen-bond acceptors (Lipinski definition) is 5. The van der Waals surface area contributed by atoms with Crippen LogP contribution in [0.3, 0.4) is 0 Å². The predicted molar refractivity (Wildman–Crippen MR) is 142 cm³/mol. The van der Waals surface area contributed by atoms with Crippen LogP contribution in [0.4, 0.5) is 31.1 Å². The number of carboxylic acid groups (broad SMARTS) is 1. The van der Waals surface area contributed by atoms with Gasteiger partial charge in [0.2, 0.25) is 0 Å². The lowest BCUT2D eigenvalue weighted by Crippen LogP contribution is -2.31. The number of benzene rings is 3. The van der Waals surface area contributed by atoms with Crippen LogP contribution >= 0.6 is 0 Å². The largest absolute Gasteiger partial charge is 0.497 e. The molecule has 1 fully saturated rings. The molecule has 7 nitrogen and oxygen atoms in total. The topological polar surface area (TPSA) is 85.3 Å². The number of ether oxygens (including phenoxy) is 3. The van der Waals surface area contributed by atoms with Crippen LogP contribution in [0.15, 0.2) is 54.6 Å². The number of carbonyl (C=O) groups is 2. The van der Waals surface area contributed by atoms with Crippen molar-refractivity contribution in [3.8, 4) is 22.6 Å². The second-order valence-electron chi connectivity index (χ2n) is 9.96. The Morgan fingerprint density at radius 3 is 2.12 bits per heavy atom. The molecule has 0 aliphatic carbocycles. The smallest absolute Gasteiger partial charge is 0.416 e. The molecule has 0 saturated carbocycles. The minimum atomic E-state index is -5.06. The fourth-order valence-corrected chi connectivity index (χ4v) is 4.95. The first-order valence-corrected chi connectivity index (χ1v) is 12.9. The number of amides is 1. The van der Waals surface area contributed by atoms with E-state index in [-0.39, 0.29) is 25.5 Å². The number of carboxylic acids is 1. The molecule has 2 atom stereocenters. The van der Waals surface area contributed by atoms with E-state index in [1.165, 1.54) is 26.0 Å². The first kappa shape index (κ1) is 31.5. The highest BCUT2D eigenvalue weighted by molar-refractivity contribution is 5.77. The first-order chi connectivity index (χ1) is 20.1. The summed E-state index contributed by atoms with van der Waals surface area (Å²) in [6, 6.07) is 10.3. The second-order valence-corrected chi connectivity index (χ2v) is 9.96. The Labute approximate surface area is 242 Å². The van der Waals surface area contributed by atoms with Gasteiger partial charge in [0.05, 0.1) is 37.9 Å². The third kappa shape index (κ3) is 6.98. The molecular weight excluding hydrogens is 584 g/mol. The highest BCUT2D eigenvalue weighted by Gasteiger charge is 2.43. The lowest BCUT2D eigenvalue weighted by Gasteiger charge is -2.24. The SMILES string of the molecule is COc1ccc(-c2cc(CCC(=O)O)ccc2OC)c(CN2C(=O)O[C@H](c3cc(C(F)(F)F)cc(C(F)(F)F)c3)[C@@H]2C)c1. The molecule has 0 radical (unpaired) electrons. The van der Waals surface area contributed by atoms with Gasteiger partial charge in [-0.3, -0.25) is 9.69 Å². The van der Waals surface area contributed by atoms with Gasteiger partial charge in [-0.1, -0.05) is 12.1 Å². The molecule has 230 valence electrons. The van der Waals surface area contributed by atoms with E-state index in [1.54, 1.807) is 36.4 Å². The van der Waals surface area contributed by atoms with Crippen molar-refractivity contribution in [2.24, 2.45) is 0 Å². The van der Waals surface area contributed by atoms with Gasteiger partial charge in [0.1, 0.15) is 17.6 Å². The zero-order valence-electron chi connectivity index (χ0n) is 23.2. The van der Waals surface area contributed by atoms with Crippen LogP contribution in [0, 0.1) is 0 Å². The number of carbonyl (C=O) groups excluding carboxylic acids is 1. The van der Waals surface area contributed by atoms with Crippen molar-refractivity contribution >= 4 is 12.1 Å². The minimum absolute atomic E-state index is 0.0171. The van der Waals surface area contributed by atoms with Crippen molar-refractivity contribution in [2.75, 3.05) is 14.2 Å². The minimum Gasteiger partial charge on any atom is -0.497 e. The maximum atomic E-state index is 13.5. The molecule has 3 aromatic carbocycles. The molecule has 0 unspecified atom stereocenters. The molecule has 4 rings (SSSR count). The van der Waals surface area contributed by atoms with Crippen molar-refractivity contribution in [3.63, 3.8) is 0 Å².